The molecule has 1 aliphatic rings. The molecule has 29 heavy (non-hydrogen) atoms. The van der Waals surface area contributed by atoms with E-state index < -0.39 is 17.7 Å². The number of aliphatic hydroxyl groups excluding tert-OH is 1. The molecule has 2 aromatic carbocycles. The van der Waals surface area contributed by atoms with E-state index in [0.717, 1.165) is 10.5 Å². The van der Waals surface area contributed by atoms with Crippen LogP contribution in [-0.4, -0.2) is 21.9 Å². The zero-order valence-corrected chi connectivity index (χ0v) is 16.1. The molecular formula is C22H16ClNO5. The quantitative estimate of drug-likeness (QED) is 0.375. The number of phenols is 1. The lowest BCUT2D eigenvalue weighted by Crippen LogP contribution is -2.29. The topological polar surface area (TPSA) is 91.0 Å². The number of amides is 1. The van der Waals surface area contributed by atoms with Crippen molar-refractivity contribution in [3.05, 3.63) is 88.3 Å². The zero-order valence-electron chi connectivity index (χ0n) is 15.3. The number of carbonyl (C=O) groups is 2. The minimum absolute atomic E-state index is 0.131. The van der Waals surface area contributed by atoms with Crippen LogP contribution in [-0.2, 0) is 9.59 Å². The van der Waals surface area contributed by atoms with E-state index in [2.05, 4.69) is 0 Å². The minimum Gasteiger partial charge on any atom is -0.507 e. The number of benzene rings is 2. The molecule has 0 radical (unpaired) electrons. The Morgan fingerprint density at radius 2 is 1.83 bits per heavy atom. The van der Waals surface area contributed by atoms with Gasteiger partial charge in [0.1, 0.15) is 23.3 Å². The van der Waals surface area contributed by atoms with Gasteiger partial charge in [-0.1, -0.05) is 17.7 Å². The van der Waals surface area contributed by atoms with Gasteiger partial charge in [-0.2, -0.15) is 0 Å². The molecule has 1 aromatic heterocycles. The number of phenolic OH excluding ortho intramolecular Hbond substituents is 1. The molecule has 0 bridgehead atoms. The first-order valence-electron chi connectivity index (χ1n) is 8.78. The summed E-state index contributed by atoms with van der Waals surface area (Å²) in [6.07, 6.45) is 1.41. The van der Waals surface area contributed by atoms with Crippen molar-refractivity contribution in [2.75, 3.05) is 4.90 Å². The number of rotatable bonds is 3. The number of nitrogens with zero attached hydrogens (tertiary/aromatic N) is 1. The van der Waals surface area contributed by atoms with E-state index in [1.165, 1.54) is 12.3 Å². The smallest absolute Gasteiger partial charge is 0.300 e. The van der Waals surface area contributed by atoms with Gasteiger partial charge in [-0.05, 0) is 61.0 Å². The van der Waals surface area contributed by atoms with Crippen LogP contribution in [0.3, 0.4) is 0 Å². The molecule has 0 spiro atoms. The number of aromatic hydroxyl groups is 1. The highest BCUT2D eigenvalue weighted by atomic mass is 35.5. The van der Waals surface area contributed by atoms with Crippen molar-refractivity contribution >= 4 is 34.7 Å². The lowest BCUT2D eigenvalue weighted by Gasteiger charge is -2.24. The van der Waals surface area contributed by atoms with Crippen molar-refractivity contribution in [2.45, 2.75) is 13.0 Å². The fraction of sp³-hybridized carbons (Fsp3) is 0.0909. The van der Waals surface area contributed by atoms with Crippen LogP contribution in [0, 0.1) is 6.92 Å². The third-order valence-electron chi connectivity index (χ3n) is 4.77. The Morgan fingerprint density at radius 3 is 2.48 bits per heavy atom. The Hall–Kier alpha value is -3.51. The Balaban J connectivity index is 1.95. The molecule has 1 unspecified atom stereocenters. The molecule has 1 saturated heterocycles. The van der Waals surface area contributed by atoms with Gasteiger partial charge in [-0.15, -0.1) is 0 Å². The van der Waals surface area contributed by atoms with Crippen LogP contribution in [0.1, 0.15) is 22.9 Å². The van der Waals surface area contributed by atoms with E-state index in [1.54, 1.807) is 55.5 Å². The van der Waals surface area contributed by atoms with Crippen LogP contribution >= 0.6 is 11.6 Å². The van der Waals surface area contributed by atoms with Crippen LogP contribution in [0.4, 0.5) is 5.69 Å². The normalized spacial score (nSPS) is 18.4. The van der Waals surface area contributed by atoms with Crippen molar-refractivity contribution in [2.24, 2.45) is 0 Å². The number of furan rings is 1. The molecular weight excluding hydrogens is 394 g/mol. The van der Waals surface area contributed by atoms with E-state index in [1.807, 2.05) is 0 Å². The number of Topliss-reactive ketones (excluding diaryl/α,β-unsaturated/α-hetero) is 1. The summed E-state index contributed by atoms with van der Waals surface area (Å²) in [6, 6.07) is 13.2. The second-order valence-electron chi connectivity index (χ2n) is 6.68. The summed E-state index contributed by atoms with van der Waals surface area (Å²) in [5.41, 5.74) is 1.14. The van der Waals surface area contributed by atoms with Crippen molar-refractivity contribution in [1.29, 1.82) is 0 Å². The first-order valence-corrected chi connectivity index (χ1v) is 9.16. The molecule has 1 amide bonds. The van der Waals surface area contributed by atoms with Gasteiger partial charge < -0.3 is 14.6 Å². The average molecular weight is 410 g/mol. The number of hydrogen-bond acceptors (Lipinski definition) is 5. The third-order valence-corrected chi connectivity index (χ3v) is 5.02. The summed E-state index contributed by atoms with van der Waals surface area (Å²) >= 11 is 5.90. The number of hydrogen-bond donors (Lipinski definition) is 2. The second kappa shape index (κ2) is 7.14. The maximum Gasteiger partial charge on any atom is 0.300 e. The van der Waals surface area contributed by atoms with Crippen molar-refractivity contribution in [3.63, 3.8) is 0 Å². The van der Waals surface area contributed by atoms with Gasteiger partial charge in [-0.25, -0.2) is 0 Å². The molecule has 4 rings (SSSR count). The van der Waals surface area contributed by atoms with Gasteiger partial charge in [0, 0.05) is 10.6 Å². The summed E-state index contributed by atoms with van der Waals surface area (Å²) in [4.78, 5) is 27.0. The molecule has 6 nitrogen and oxygen atoms in total. The van der Waals surface area contributed by atoms with Gasteiger partial charge in [0.2, 0.25) is 0 Å². The first kappa shape index (κ1) is 18.8. The fourth-order valence-corrected chi connectivity index (χ4v) is 3.51. The van der Waals surface area contributed by atoms with Crippen LogP contribution in [0.2, 0.25) is 5.02 Å². The Morgan fingerprint density at radius 1 is 1.10 bits per heavy atom. The Labute approximate surface area is 171 Å². The number of carbonyl (C=O) groups excluding carboxylic acids is 2. The lowest BCUT2D eigenvalue weighted by molar-refractivity contribution is -0.132. The predicted molar refractivity (Wildman–Crippen MR) is 108 cm³/mol. The molecule has 1 atom stereocenters. The number of aliphatic hydroxyl groups is 1. The highest BCUT2D eigenvalue weighted by molar-refractivity contribution is 6.51. The highest BCUT2D eigenvalue weighted by Gasteiger charge is 2.49. The molecule has 146 valence electrons. The first-order chi connectivity index (χ1) is 13.9. The van der Waals surface area contributed by atoms with Crippen LogP contribution in [0.25, 0.3) is 5.76 Å². The van der Waals surface area contributed by atoms with E-state index in [0.29, 0.717) is 10.6 Å². The third kappa shape index (κ3) is 3.17. The summed E-state index contributed by atoms with van der Waals surface area (Å²) in [6.45, 7) is 1.80. The Bertz CT molecular complexity index is 1130. The summed E-state index contributed by atoms with van der Waals surface area (Å²) < 4.78 is 5.48. The maximum atomic E-state index is 12.9. The minimum atomic E-state index is -1.03. The highest BCUT2D eigenvalue weighted by Crippen LogP contribution is 2.45. The molecule has 1 aliphatic heterocycles. The number of anilines is 1. The van der Waals surface area contributed by atoms with Crippen molar-refractivity contribution in [3.8, 4) is 5.75 Å². The largest absolute Gasteiger partial charge is 0.507 e. The maximum absolute atomic E-state index is 12.9. The summed E-state index contributed by atoms with van der Waals surface area (Å²) in [5, 5.41) is 21.7. The lowest BCUT2D eigenvalue weighted by atomic mass is 9.99. The summed E-state index contributed by atoms with van der Waals surface area (Å²) in [7, 11) is 0. The number of halogens is 1. The van der Waals surface area contributed by atoms with Crippen molar-refractivity contribution < 1.29 is 24.2 Å². The average Bonchev–Trinajstić information content (AvgIpc) is 3.31. The van der Waals surface area contributed by atoms with Gasteiger partial charge in [0.25, 0.3) is 11.7 Å². The van der Waals surface area contributed by atoms with E-state index in [9.17, 15) is 19.8 Å². The van der Waals surface area contributed by atoms with E-state index in [4.69, 9.17) is 16.0 Å². The molecule has 0 saturated carbocycles. The molecule has 2 N–H and O–H groups in total. The fourth-order valence-electron chi connectivity index (χ4n) is 3.39. The molecule has 7 heteroatoms. The van der Waals surface area contributed by atoms with Gasteiger partial charge >= 0.3 is 0 Å². The van der Waals surface area contributed by atoms with Gasteiger partial charge in [-0.3, -0.25) is 14.5 Å². The van der Waals surface area contributed by atoms with Gasteiger partial charge in [0.15, 0.2) is 0 Å². The monoisotopic (exact) mass is 409 g/mol. The SMILES string of the molecule is Cc1ccc(O)c(N2C(=O)C(=O)/C(=C(\O)c3ccc(Cl)cc3)C2c2ccco2)c1. The number of aryl methyl sites for hydroxylation is 1. The van der Waals surface area contributed by atoms with E-state index in [-0.39, 0.29) is 28.5 Å². The van der Waals surface area contributed by atoms with Crippen LogP contribution < -0.4 is 4.90 Å². The molecule has 0 aliphatic carbocycles. The Kier molecular flexibility index (Phi) is 4.64. The van der Waals surface area contributed by atoms with E-state index >= 15 is 0 Å². The predicted octanol–water partition coefficient (Wildman–Crippen LogP) is 4.57. The second-order valence-corrected chi connectivity index (χ2v) is 7.12. The van der Waals surface area contributed by atoms with Gasteiger partial charge in [0.05, 0.1) is 17.5 Å². The molecule has 1 fully saturated rings. The summed E-state index contributed by atoms with van der Waals surface area (Å²) in [5.74, 6) is -1.99. The molecule has 2 heterocycles. The molecule has 3 aromatic rings. The van der Waals surface area contributed by atoms with Crippen LogP contribution in [0.5, 0.6) is 5.75 Å². The number of ketones is 1. The van der Waals surface area contributed by atoms with Crippen LogP contribution in [0.15, 0.2) is 70.9 Å². The zero-order chi connectivity index (χ0) is 20.7. The standard InChI is InChI=1S/C22H16ClNO5/c1-12-4-9-16(25)15(11-12)24-19(17-3-2-10-29-17)18(21(27)22(24)28)20(26)13-5-7-14(23)8-6-13/h2-11,19,25-26H,1H3/b20-18-. The van der Waals surface area contributed by atoms with Crippen molar-refractivity contribution in [1.82, 2.24) is 0 Å².